The summed E-state index contributed by atoms with van der Waals surface area (Å²) in [7, 11) is 2.04. The van der Waals surface area contributed by atoms with E-state index in [9.17, 15) is 0 Å². The van der Waals surface area contributed by atoms with E-state index >= 15 is 0 Å². The highest BCUT2D eigenvalue weighted by Gasteiger charge is 2.30. The maximum absolute atomic E-state index is 5.59. The lowest BCUT2D eigenvalue weighted by atomic mass is 9.84. The quantitative estimate of drug-likeness (QED) is 0.921. The molecule has 3 rings (SSSR count). The van der Waals surface area contributed by atoms with Crippen LogP contribution in [0.1, 0.15) is 63.2 Å². The fourth-order valence-electron chi connectivity index (χ4n) is 3.55. The number of hydrogen-bond acceptors (Lipinski definition) is 5. The molecule has 1 aromatic rings. The Morgan fingerprint density at radius 1 is 1.05 bits per heavy atom. The van der Waals surface area contributed by atoms with Crippen molar-refractivity contribution in [3.05, 3.63) is 5.89 Å². The fourth-order valence-corrected chi connectivity index (χ4v) is 3.55. The molecule has 2 heterocycles. The third kappa shape index (κ3) is 2.97. The van der Waals surface area contributed by atoms with Gasteiger partial charge in [-0.1, -0.05) is 25.7 Å². The Kier molecular flexibility index (Phi) is 4.55. The molecular weight excluding hydrogens is 252 g/mol. The van der Waals surface area contributed by atoms with Gasteiger partial charge < -0.3 is 14.7 Å². The maximum Gasteiger partial charge on any atom is 0.266 e. The van der Waals surface area contributed by atoms with Crippen LogP contribution in [-0.4, -0.2) is 36.3 Å². The van der Waals surface area contributed by atoms with E-state index in [0.717, 1.165) is 31.3 Å². The maximum atomic E-state index is 5.59. The van der Waals surface area contributed by atoms with Gasteiger partial charge in [-0.05, 0) is 37.9 Å². The van der Waals surface area contributed by atoms with Gasteiger partial charge >= 0.3 is 0 Å². The van der Waals surface area contributed by atoms with Crippen molar-refractivity contribution in [3.8, 4) is 0 Å². The zero-order chi connectivity index (χ0) is 13.8. The predicted molar refractivity (Wildman–Crippen MR) is 79.0 cm³/mol. The molecule has 5 nitrogen and oxygen atoms in total. The molecule has 2 fully saturated rings. The summed E-state index contributed by atoms with van der Waals surface area (Å²) in [5.41, 5.74) is 0. The highest BCUT2D eigenvalue weighted by molar-refractivity contribution is 5.28. The van der Waals surface area contributed by atoms with Crippen LogP contribution in [0.4, 0.5) is 5.95 Å². The summed E-state index contributed by atoms with van der Waals surface area (Å²) in [6.45, 7) is 2.14. The van der Waals surface area contributed by atoms with Gasteiger partial charge in [0.1, 0.15) is 0 Å². The van der Waals surface area contributed by atoms with Crippen LogP contribution in [0.15, 0.2) is 4.52 Å². The molecule has 2 unspecified atom stereocenters. The molecule has 1 saturated heterocycles. The average molecular weight is 278 g/mol. The van der Waals surface area contributed by atoms with Crippen molar-refractivity contribution in [1.82, 2.24) is 15.5 Å². The molecule has 0 spiro atoms. The third-order valence-electron chi connectivity index (χ3n) is 4.77. The van der Waals surface area contributed by atoms with Crippen LogP contribution in [-0.2, 0) is 0 Å². The molecule has 0 aromatic carbocycles. The lowest BCUT2D eigenvalue weighted by Gasteiger charge is -2.28. The van der Waals surface area contributed by atoms with Crippen molar-refractivity contribution in [2.24, 2.45) is 0 Å². The first-order valence-electron chi connectivity index (χ1n) is 8.14. The lowest BCUT2D eigenvalue weighted by molar-refractivity contribution is 0.270. The summed E-state index contributed by atoms with van der Waals surface area (Å²) in [5.74, 6) is 2.03. The molecule has 5 heteroatoms. The first kappa shape index (κ1) is 13.9. The lowest BCUT2D eigenvalue weighted by Crippen LogP contribution is -2.34. The molecule has 0 amide bonds. The first-order valence-corrected chi connectivity index (χ1v) is 8.14. The van der Waals surface area contributed by atoms with Gasteiger partial charge in [-0.15, -0.1) is 0 Å². The largest absolute Gasteiger partial charge is 0.338 e. The summed E-state index contributed by atoms with van der Waals surface area (Å²) >= 11 is 0. The summed E-state index contributed by atoms with van der Waals surface area (Å²) in [5, 5.41) is 7.65. The van der Waals surface area contributed by atoms with Crippen LogP contribution >= 0.6 is 0 Å². The van der Waals surface area contributed by atoms with Crippen LogP contribution in [0.25, 0.3) is 0 Å². The number of anilines is 1. The van der Waals surface area contributed by atoms with E-state index in [2.05, 4.69) is 15.4 Å². The SMILES string of the molecule is CNC1CCCCC1c1nc(N2CCCCCC2)no1. The van der Waals surface area contributed by atoms with Crippen LogP contribution < -0.4 is 10.2 Å². The summed E-state index contributed by atoms with van der Waals surface area (Å²) in [6.07, 6.45) is 10.1. The minimum absolute atomic E-state index is 0.391. The molecule has 0 radical (unpaired) electrons. The van der Waals surface area contributed by atoms with E-state index in [4.69, 9.17) is 9.51 Å². The average Bonchev–Trinajstić information content (AvgIpc) is 2.82. The topological polar surface area (TPSA) is 54.2 Å². The van der Waals surface area contributed by atoms with E-state index < -0.39 is 0 Å². The van der Waals surface area contributed by atoms with E-state index in [1.807, 2.05) is 7.05 Å². The van der Waals surface area contributed by atoms with Crippen molar-refractivity contribution in [2.45, 2.75) is 63.3 Å². The van der Waals surface area contributed by atoms with E-state index in [1.165, 1.54) is 44.9 Å². The van der Waals surface area contributed by atoms with Gasteiger partial charge in [0.2, 0.25) is 5.89 Å². The van der Waals surface area contributed by atoms with Crippen molar-refractivity contribution in [3.63, 3.8) is 0 Å². The van der Waals surface area contributed by atoms with Crippen LogP contribution in [0.2, 0.25) is 0 Å². The van der Waals surface area contributed by atoms with Gasteiger partial charge in [0.05, 0.1) is 5.92 Å². The Labute approximate surface area is 121 Å². The highest BCUT2D eigenvalue weighted by atomic mass is 16.5. The minimum atomic E-state index is 0.391. The molecule has 2 atom stereocenters. The Morgan fingerprint density at radius 3 is 2.55 bits per heavy atom. The number of aromatic nitrogens is 2. The van der Waals surface area contributed by atoms with Crippen LogP contribution in [0, 0.1) is 0 Å². The molecule has 20 heavy (non-hydrogen) atoms. The van der Waals surface area contributed by atoms with Gasteiger partial charge in [0, 0.05) is 19.1 Å². The zero-order valence-electron chi connectivity index (χ0n) is 12.5. The molecule has 112 valence electrons. The van der Waals surface area contributed by atoms with Gasteiger partial charge in [0.25, 0.3) is 5.95 Å². The van der Waals surface area contributed by atoms with E-state index in [-0.39, 0.29) is 0 Å². The minimum Gasteiger partial charge on any atom is -0.338 e. The number of likely N-dealkylation sites (N-methyl/N-ethyl adjacent to an activating group) is 1. The second-order valence-corrected chi connectivity index (χ2v) is 6.12. The van der Waals surface area contributed by atoms with Gasteiger partial charge in [-0.25, -0.2) is 0 Å². The Bertz CT molecular complexity index is 412. The van der Waals surface area contributed by atoms with Crippen molar-refractivity contribution in [1.29, 1.82) is 0 Å². The number of nitrogens with zero attached hydrogens (tertiary/aromatic N) is 3. The number of hydrogen-bond donors (Lipinski definition) is 1. The van der Waals surface area contributed by atoms with Gasteiger partial charge in [0.15, 0.2) is 0 Å². The number of rotatable bonds is 3. The Balaban J connectivity index is 1.71. The van der Waals surface area contributed by atoms with E-state index in [0.29, 0.717) is 12.0 Å². The van der Waals surface area contributed by atoms with Crippen molar-refractivity contribution < 1.29 is 4.52 Å². The smallest absolute Gasteiger partial charge is 0.266 e. The fraction of sp³-hybridized carbons (Fsp3) is 0.867. The number of nitrogens with one attached hydrogen (secondary N) is 1. The van der Waals surface area contributed by atoms with Crippen molar-refractivity contribution >= 4 is 5.95 Å². The Morgan fingerprint density at radius 2 is 1.80 bits per heavy atom. The Hall–Kier alpha value is -1.10. The molecule has 1 saturated carbocycles. The van der Waals surface area contributed by atoms with E-state index in [1.54, 1.807) is 0 Å². The molecular formula is C15H26N4O. The monoisotopic (exact) mass is 278 g/mol. The van der Waals surface area contributed by atoms with Crippen LogP contribution in [0.5, 0.6) is 0 Å². The molecule has 1 aliphatic heterocycles. The second-order valence-electron chi connectivity index (χ2n) is 6.12. The predicted octanol–water partition coefficient (Wildman–Crippen LogP) is 2.70. The highest BCUT2D eigenvalue weighted by Crippen LogP contribution is 2.33. The summed E-state index contributed by atoms with van der Waals surface area (Å²) in [6, 6.07) is 0.487. The standard InChI is InChI=1S/C15H26N4O/c1-16-13-9-5-4-8-12(13)14-17-15(18-20-14)19-10-6-2-3-7-11-19/h12-13,16H,2-11H2,1H3. The summed E-state index contributed by atoms with van der Waals surface area (Å²) in [4.78, 5) is 6.99. The third-order valence-corrected chi connectivity index (χ3v) is 4.77. The molecule has 1 N–H and O–H groups in total. The molecule has 1 aliphatic carbocycles. The normalized spacial score (nSPS) is 28.4. The molecule has 2 aliphatic rings. The second kappa shape index (κ2) is 6.57. The zero-order valence-corrected chi connectivity index (χ0v) is 12.5. The first-order chi connectivity index (χ1) is 9.88. The van der Waals surface area contributed by atoms with Gasteiger partial charge in [-0.2, -0.15) is 4.98 Å². The summed E-state index contributed by atoms with van der Waals surface area (Å²) < 4.78 is 5.59. The van der Waals surface area contributed by atoms with Gasteiger partial charge in [-0.3, -0.25) is 0 Å². The van der Waals surface area contributed by atoms with Crippen molar-refractivity contribution in [2.75, 3.05) is 25.0 Å². The molecule has 0 bridgehead atoms. The van der Waals surface area contributed by atoms with Crippen LogP contribution in [0.3, 0.4) is 0 Å². The molecule has 1 aromatic heterocycles.